The van der Waals surface area contributed by atoms with Gasteiger partial charge in [0.05, 0.1) is 17.5 Å². The lowest BCUT2D eigenvalue weighted by molar-refractivity contribution is 0.161. The number of nitrogens with zero attached hydrogens (tertiary/aromatic N) is 2. The van der Waals surface area contributed by atoms with Crippen LogP contribution in [0.5, 0.6) is 0 Å². The molecule has 0 aliphatic carbocycles. The predicted molar refractivity (Wildman–Crippen MR) is 74.6 cm³/mol. The van der Waals surface area contributed by atoms with E-state index in [4.69, 9.17) is 4.74 Å². The molecule has 2 heterocycles. The number of ether oxygens (including phenoxy) is 1. The van der Waals surface area contributed by atoms with E-state index >= 15 is 0 Å². The number of aromatic amines is 1. The quantitative estimate of drug-likeness (QED) is 0.905. The number of anilines is 1. The molecule has 5 heteroatoms. The van der Waals surface area contributed by atoms with Crippen LogP contribution in [0, 0.1) is 5.92 Å². The van der Waals surface area contributed by atoms with Gasteiger partial charge in [0.1, 0.15) is 0 Å². The Kier molecular flexibility index (Phi) is 3.21. The van der Waals surface area contributed by atoms with Gasteiger partial charge < -0.3 is 9.64 Å². The first-order valence-corrected chi connectivity index (χ1v) is 6.51. The molecular formula is C14H17N3O2. The van der Waals surface area contributed by atoms with Crippen molar-refractivity contribution in [2.75, 3.05) is 31.7 Å². The van der Waals surface area contributed by atoms with Crippen molar-refractivity contribution in [3.63, 3.8) is 0 Å². The smallest absolute Gasteiger partial charge is 0.260 e. The van der Waals surface area contributed by atoms with Crippen molar-refractivity contribution >= 4 is 16.9 Å². The number of hydrogen-bond donors (Lipinski definition) is 1. The Morgan fingerprint density at radius 3 is 3.16 bits per heavy atom. The van der Waals surface area contributed by atoms with Crippen LogP contribution in [0.4, 0.5) is 5.95 Å². The molecule has 0 amide bonds. The lowest BCUT2D eigenvalue weighted by Crippen LogP contribution is -2.25. The summed E-state index contributed by atoms with van der Waals surface area (Å²) in [7, 11) is 1.72. The number of aromatic nitrogens is 2. The average Bonchev–Trinajstić information content (AvgIpc) is 2.88. The molecule has 0 saturated carbocycles. The van der Waals surface area contributed by atoms with Gasteiger partial charge in [-0.3, -0.25) is 9.78 Å². The Hall–Kier alpha value is -1.88. The summed E-state index contributed by atoms with van der Waals surface area (Å²) in [5.74, 6) is 1.18. The van der Waals surface area contributed by atoms with E-state index in [2.05, 4.69) is 14.9 Å². The Bertz CT molecular complexity index is 638. The van der Waals surface area contributed by atoms with Gasteiger partial charge in [-0.1, -0.05) is 12.1 Å². The molecule has 1 fully saturated rings. The standard InChI is InChI=1S/C14H17N3O2/c1-19-9-10-6-7-17(8-10)14-15-12-5-3-2-4-11(12)13(18)16-14/h2-5,10H,6-9H2,1H3,(H,15,16,18)/t10-/m1/s1. The van der Waals surface area contributed by atoms with E-state index in [0.717, 1.165) is 31.6 Å². The zero-order valence-corrected chi connectivity index (χ0v) is 10.9. The molecule has 0 unspecified atom stereocenters. The van der Waals surface area contributed by atoms with Gasteiger partial charge in [-0.25, -0.2) is 4.98 Å². The van der Waals surface area contributed by atoms with Gasteiger partial charge in [-0.05, 0) is 18.6 Å². The number of methoxy groups -OCH3 is 1. The number of rotatable bonds is 3. The van der Waals surface area contributed by atoms with Crippen LogP contribution in [-0.2, 0) is 4.74 Å². The summed E-state index contributed by atoms with van der Waals surface area (Å²) in [5, 5.41) is 0.638. The van der Waals surface area contributed by atoms with Gasteiger partial charge >= 0.3 is 0 Å². The van der Waals surface area contributed by atoms with E-state index in [-0.39, 0.29) is 5.56 Å². The second-order valence-corrected chi connectivity index (χ2v) is 4.96. The van der Waals surface area contributed by atoms with Gasteiger partial charge in [-0.15, -0.1) is 0 Å². The van der Waals surface area contributed by atoms with E-state index in [9.17, 15) is 4.79 Å². The molecule has 0 radical (unpaired) electrons. The molecule has 1 aromatic heterocycles. The fraction of sp³-hybridized carbons (Fsp3) is 0.429. The molecule has 1 N–H and O–H groups in total. The second kappa shape index (κ2) is 5.01. The van der Waals surface area contributed by atoms with Crippen molar-refractivity contribution in [1.82, 2.24) is 9.97 Å². The van der Waals surface area contributed by atoms with Gasteiger partial charge in [0.25, 0.3) is 5.56 Å². The zero-order chi connectivity index (χ0) is 13.2. The van der Waals surface area contributed by atoms with Gasteiger partial charge in [-0.2, -0.15) is 0 Å². The molecule has 1 saturated heterocycles. The molecule has 100 valence electrons. The van der Waals surface area contributed by atoms with Crippen molar-refractivity contribution in [3.05, 3.63) is 34.6 Å². The Labute approximate surface area is 111 Å². The summed E-state index contributed by atoms with van der Waals surface area (Å²) >= 11 is 0. The van der Waals surface area contributed by atoms with Crippen LogP contribution in [0.15, 0.2) is 29.1 Å². The number of fused-ring (bicyclic) bond motifs is 1. The van der Waals surface area contributed by atoms with Gasteiger partial charge in [0.15, 0.2) is 0 Å². The van der Waals surface area contributed by atoms with Crippen LogP contribution in [0.2, 0.25) is 0 Å². The maximum Gasteiger partial charge on any atom is 0.260 e. The van der Waals surface area contributed by atoms with Crippen LogP contribution in [0.25, 0.3) is 10.9 Å². The second-order valence-electron chi connectivity index (χ2n) is 4.96. The summed E-state index contributed by atoms with van der Waals surface area (Å²) < 4.78 is 5.18. The highest BCUT2D eigenvalue weighted by Gasteiger charge is 2.24. The third-order valence-corrected chi connectivity index (χ3v) is 3.59. The van der Waals surface area contributed by atoms with Crippen molar-refractivity contribution in [2.24, 2.45) is 5.92 Å². The minimum atomic E-state index is -0.0733. The van der Waals surface area contributed by atoms with E-state index in [1.165, 1.54) is 0 Å². The van der Waals surface area contributed by atoms with Crippen LogP contribution < -0.4 is 10.5 Å². The maximum absolute atomic E-state index is 12.0. The first-order valence-electron chi connectivity index (χ1n) is 6.51. The zero-order valence-electron chi connectivity index (χ0n) is 10.9. The van der Waals surface area contributed by atoms with Crippen molar-refractivity contribution in [2.45, 2.75) is 6.42 Å². The van der Waals surface area contributed by atoms with E-state index in [0.29, 0.717) is 17.3 Å². The van der Waals surface area contributed by atoms with Crippen LogP contribution in [-0.4, -0.2) is 36.8 Å². The summed E-state index contributed by atoms with van der Waals surface area (Å²) in [6.07, 6.45) is 1.07. The van der Waals surface area contributed by atoms with Gasteiger partial charge in [0, 0.05) is 26.1 Å². The van der Waals surface area contributed by atoms with Crippen LogP contribution in [0.1, 0.15) is 6.42 Å². The van der Waals surface area contributed by atoms with E-state index in [1.807, 2.05) is 18.2 Å². The van der Waals surface area contributed by atoms with Crippen molar-refractivity contribution < 1.29 is 4.74 Å². The first-order chi connectivity index (χ1) is 9.28. The highest BCUT2D eigenvalue weighted by atomic mass is 16.5. The SMILES string of the molecule is COC[C@@H]1CCN(c2nc3ccccc3c(=O)[nH]2)C1. The van der Waals surface area contributed by atoms with Crippen molar-refractivity contribution in [1.29, 1.82) is 0 Å². The third kappa shape index (κ3) is 2.33. The average molecular weight is 259 g/mol. The molecule has 0 bridgehead atoms. The first kappa shape index (κ1) is 12.2. The predicted octanol–water partition coefficient (Wildman–Crippen LogP) is 1.40. The van der Waals surface area contributed by atoms with Crippen LogP contribution in [0.3, 0.4) is 0 Å². The molecule has 1 aromatic carbocycles. The minimum Gasteiger partial charge on any atom is -0.384 e. The van der Waals surface area contributed by atoms with Gasteiger partial charge in [0.2, 0.25) is 5.95 Å². The number of H-pyrrole nitrogens is 1. The molecule has 5 nitrogen and oxygen atoms in total. The molecule has 3 rings (SSSR count). The van der Waals surface area contributed by atoms with Crippen LogP contribution >= 0.6 is 0 Å². The number of para-hydroxylation sites is 1. The Morgan fingerprint density at radius 2 is 2.32 bits per heavy atom. The molecule has 0 spiro atoms. The topological polar surface area (TPSA) is 58.2 Å². The number of benzene rings is 1. The largest absolute Gasteiger partial charge is 0.384 e. The lowest BCUT2D eigenvalue weighted by atomic mass is 10.1. The monoisotopic (exact) mass is 259 g/mol. The fourth-order valence-corrected chi connectivity index (χ4v) is 2.62. The molecular weight excluding hydrogens is 242 g/mol. The van der Waals surface area contributed by atoms with E-state index in [1.54, 1.807) is 13.2 Å². The third-order valence-electron chi connectivity index (χ3n) is 3.59. The minimum absolute atomic E-state index is 0.0733. The number of hydrogen-bond acceptors (Lipinski definition) is 4. The van der Waals surface area contributed by atoms with Crippen molar-refractivity contribution in [3.8, 4) is 0 Å². The number of nitrogens with one attached hydrogen (secondary N) is 1. The maximum atomic E-state index is 12.0. The summed E-state index contributed by atoms with van der Waals surface area (Å²) in [4.78, 5) is 21.6. The normalized spacial score (nSPS) is 19.2. The summed E-state index contributed by atoms with van der Waals surface area (Å²) in [6.45, 7) is 2.55. The Balaban J connectivity index is 1.92. The molecule has 2 aromatic rings. The highest BCUT2D eigenvalue weighted by Crippen LogP contribution is 2.21. The summed E-state index contributed by atoms with van der Waals surface area (Å²) in [6, 6.07) is 7.42. The Morgan fingerprint density at radius 1 is 1.47 bits per heavy atom. The van der Waals surface area contributed by atoms with E-state index < -0.39 is 0 Å². The molecule has 1 aliphatic heterocycles. The fourth-order valence-electron chi connectivity index (χ4n) is 2.62. The summed E-state index contributed by atoms with van der Waals surface area (Å²) in [5.41, 5.74) is 0.673. The molecule has 1 atom stereocenters. The highest BCUT2D eigenvalue weighted by molar-refractivity contribution is 5.78. The molecule has 1 aliphatic rings. The lowest BCUT2D eigenvalue weighted by Gasteiger charge is -2.17. The molecule has 19 heavy (non-hydrogen) atoms.